The molecular formula is C8H8F3NS. The van der Waals surface area contributed by atoms with Crippen LogP contribution in [-0.2, 0) is 0 Å². The second kappa shape index (κ2) is 4.50. The lowest BCUT2D eigenvalue weighted by atomic mass is 10.4. The summed E-state index contributed by atoms with van der Waals surface area (Å²) in [6.45, 7) is 1.91. The monoisotopic (exact) mass is 207 g/mol. The van der Waals surface area contributed by atoms with Crippen LogP contribution in [0.15, 0.2) is 11.1 Å². The lowest BCUT2D eigenvalue weighted by molar-refractivity contribution is 0.448. The molecule has 5 heteroatoms. The molecule has 0 aliphatic rings. The van der Waals surface area contributed by atoms with Crippen LogP contribution in [-0.4, -0.2) is 10.7 Å². The number of rotatable bonds is 3. The summed E-state index contributed by atoms with van der Waals surface area (Å²) in [6, 6.07) is 0.514. The van der Waals surface area contributed by atoms with Gasteiger partial charge in [-0.25, -0.2) is 13.8 Å². The van der Waals surface area contributed by atoms with E-state index in [9.17, 15) is 13.2 Å². The molecule has 0 aliphatic heterocycles. The number of hydrogen-bond donors (Lipinski definition) is 0. The van der Waals surface area contributed by atoms with Gasteiger partial charge in [0.15, 0.2) is 11.6 Å². The average molecular weight is 207 g/mol. The average Bonchev–Trinajstić information content (AvgIpc) is 2.09. The number of pyridine rings is 1. The van der Waals surface area contributed by atoms with Crippen molar-refractivity contribution < 1.29 is 13.2 Å². The van der Waals surface area contributed by atoms with Crippen LogP contribution in [0.4, 0.5) is 13.2 Å². The highest BCUT2D eigenvalue weighted by molar-refractivity contribution is 7.99. The molecule has 0 unspecified atom stereocenters. The highest BCUT2D eigenvalue weighted by atomic mass is 32.2. The smallest absolute Gasteiger partial charge is 0.208 e. The van der Waals surface area contributed by atoms with Crippen LogP contribution >= 0.6 is 11.8 Å². The normalized spacial score (nSPS) is 10.5. The lowest BCUT2D eigenvalue weighted by Crippen LogP contribution is -1.96. The molecule has 0 saturated carbocycles. The Labute approximate surface area is 78.4 Å². The van der Waals surface area contributed by atoms with E-state index in [1.807, 2.05) is 6.92 Å². The molecule has 0 bridgehead atoms. The van der Waals surface area contributed by atoms with Gasteiger partial charge < -0.3 is 0 Å². The Morgan fingerprint density at radius 1 is 1.31 bits per heavy atom. The molecule has 0 atom stereocenters. The molecule has 1 nitrogen and oxygen atoms in total. The van der Waals surface area contributed by atoms with Gasteiger partial charge in [0.05, 0.1) is 0 Å². The predicted octanol–water partition coefficient (Wildman–Crippen LogP) is 3.00. The fraction of sp³-hybridized carbons (Fsp3) is 0.375. The molecular weight excluding hydrogens is 199 g/mol. The van der Waals surface area contributed by atoms with Gasteiger partial charge in [-0.05, 0) is 12.2 Å². The zero-order valence-electron chi connectivity index (χ0n) is 6.98. The first-order valence-corrected chi connectivity index (χ1v) is 4.78. The van der Waals surface area contributed by atoms with Crippen LogP contribution in [0.25, 0.3) is 0 Å². The highest BCUT2D eigenvalue weighted by Gasteiger charge is 2.11. The first-order valence-electron chi connectivity index (χ1n) is 3.79. The number of hydrogen-bond acceptors (Lipinski definition) is 2. The highest BCUT2D eigenvalue weighted by Crippen LogP contribution is 2.21. The molecule has 1 heterocycles. The van der Waals surface area contributed by atoms with Crippen molar-refractivity contribution in [3.8, 4) is 0 Å². The topological polar surface area (TPSA) is 12.9 Å². The third-order valence-electron chi connectivity index (χ3n) is 1.30. The quantitative estimate of drug-likeness (QED) is 0.558. The van der Waals surface area contributed by atoms with Crippen LogP contribution in [0.3, 0.4) is 0 Å². The molecule has 0 N–H and O–H groups in total. The van der Waals surface area contributed by atoms with Crippen LogP contribution in [0, 0.1) is 17.6 Å². The molecule has 1 rings (SSSR count). The van der Waals surface area contributed by atoms with Crippen molar-refractivity contribution in [1.29, 1.82) is 0 Å². The van der Waals surface area contributed by atoms with Crippen molar-refractivity contribution in [2.75, 3.05) is 5.75 Å². The number of aromatic nitrogens is 1. The third-order valence-corrected chi connectivity index (χ3v) is 2.47. The van der Waals surface area contributed by atoms with Gasteiger partial charge in [0.1, 0.15) is 5.03 Å². The van der Waals surface area contributed by atoms with E-state index in [-0.39, 0.29) is 5.03 Å². The molecule has 0 fully saturated rings. The third kappa shape index (κ3) is 2.62. The second-order valence-electron chi connectivity index (χ2n) is 2.40. The van der Waals surface area contributed by atoms with E-state index in [4.69, 9.17) is 0 Å². The van der Waals surface area contributed by atoms with Gasteiger partial charge in [-0.3, -0.25) is 0 Å². The van der Waals surface area contributed by atoms with Gasteiger partial charge in [-0.1, -0.05) is 6.92 Å². The zero-order chi connectivity index (χ0) is 9.84. The summed E-state index contributed by atoms with van der Waals surface area (Å²) in [5.74, 6) is -2.68. The van der Waals surface area contributed by atoms with Gasteiger partial charge in [-0.2, -0.15) is 4.39 Å². The van der Waals surface area contributed by atoms with E-state index in [0.717, 1.165) is 18.2 Å². The molecule has 0 radical (unpaired) electrons. The molecule has 1 aromatic heterocycles. The molecule has 0 spiro atoms. The summed E-state index contributed by atoms with van der Waals surface area (Å²) in [4.78, 5) is 3.16. The maximum atomic E-state index is 12.9. The summed E-state index contributed by atoms with van der Waals surface area (Å²) in [5.41, 5.74) is 0. The van der Waals surface area contributed by atoms with Crippen molar-refractivity contribution in [3.63, 3.8) is 0 Å². The maximum absolute atomic E-state index is 12.9. The Balaban J connectivity index is 2.88. The molecule has 0 aliphatic carbocycles. The van der Waals surface area contributed by atoms with Crippen molar-refractivity contribution in [1.82, 2.24) is 4.98 Å². The van der Waals surface area contributed by atoms with Gasteiger partial charge in [0, 0.05) is 6.07 Å². The maximum Gasteiger partial charge on any atom is 0.250 e. The SMILES string of the molecule is CCCSc1nc(F)c(F)cc1F. The Morgan fingerprint density at radius 2 is 2.00 bits per heavy atom. The fourth-order valence-corrected chi connectivity index (χ4v) is 1.47. The van der Waals surface area contributed by atoms with E-state index in [1.165, 1.54) is 0 Å². The Hall–Kier alpha value is -0.710. The Morgan fingerprint density at radius 3 is 2.62 bits per heavy atom. The van der Waals surface area contributed by atoms with Crippen molar-refractivity contribution >= 4 is 11.8 Å². The summed E-state index contributed by atoms with van der Waals surface area (Å²) >= 11 is 1.08. The largest absolute Gasteiger partial charge is 0.250 e. The van der Waals surface area contributed by atoms with E-state index < -0.39 is 17.6 Å². The lowest BCUT2D eigenvalue weighted by Gasteiger charge is -2.00. The van der Waals surface area contributed by atoms with E-state index in [2.05, 4.69) is 4.98 Å². The van der Waals surface area contributed by atoms with Crippen LogP contribution in [0.5, 0.6) is 0 Å². The van der Waals surface area contributed by atoms with Gasteiger partial charge >= 0.3 is 0 Å². The second-order valence-corrected chi connectivity index (χ2v) is 3.48. The summed E-state index contributed by atoms with van der Waals surface area (Å²) < 4.78 is 37.8. The van der Waals surface area contributed by atoms with Crippen LogP contribution in [0.2, 0.25) is 0 Å². The molecule has 1 aromatic rings. The fourth-order valence-electron chi connectivity index (χ4n) is 0.728. The van der Waals surface area contributed by atoms with E-state index in [1.54, 1.807) is 0 Å². The minimum Gasteiger partial charge on any atom is -0.208 e. The summed E-state index contributed by atoms with van der Waals surface area (Å²) in [7, 11) is 0. The van der Waals surface area contributed by atoms with Crippen molar-refractivity contribution in [2.45, 2.75) is 18.4 Å². The Bertz CT molecular complexity index is 304. The molecule has 0 aromatic carbocycles. The first kappa shape index (κ1) is 10.4. The molecule has 0 saturated heterocycles. The standard InChI is InChI=1S/C8H8F3NS/c1-2-3-13-8-6(10)4-5(9)7(11)12-8/h4H,2-3H2,1H3. The zero-order valence-corrected chi connectivity index (χ0v) is 7.80. The number of thioether (sulfide) groups is 1. The Kier molecular flexibility index (Phi) is 3.59. The molecule has 0 amide bonds. The van der Waals surface area contributed by atoms with Crippen LogP contribution in [0.1, 0.15) is 13.3 Å². The first-order chi connectivity index (χ1) is 6.15. The van der Waals surface area contributed by atoms with Gasteiger partial charge in [-0.15, -0.1) is 11.8 Å². The minimum atomic E-state index is -1.25. The summed E-state index contributed by atoms with van der Waals surface area (Å²) in [6.07, 6.45) is 0.824. The molecule has 13 heavy (non-hydrogen) atoms. The molecule has 72 valence electrons. The van der Waals surface area contributed by atoms with Crippen molar-refractivity contribution in [2.24, 2.45) is 0 Å². The van der Waals surface area contributed by atoms with E-state index >= 15 is 0 Å². The van der Waals surface area contributed by atoms with E-state index in [0.29, 0.717) is 11.8 Å². The van der Waals surface area contributed by atoms with Crippen LogP contribution < -0.4 is 0 Å². The predicted molar refractivity (Wildman–Crippen MR) is 45.1 cm³/mol. The summed E-state index contributed by atoms with van der Waals surface area (Å²) in [5, 5.41) is -0.0826. The van der Waals surface area contributed by atoms with Gasteiger partial charge in [0.25, 0.3) is 0 Å². The number of halogens is 3. The number of nitrogens with zero attached hydrogens (tertiary/aromatic N) is 1. The minimum absolute atomic E-state index is 0.0826. The van der Waals surface area contributed by atoms with Gasteiger partial charge in [0.2, 0.25) is 5.95 Å². The van der Waals surface area contributed by atoms with Crippen molar-refractivity contribution in [3.05, 3.63) is 23.6 Å².